The molecule has 1 heterocycles. The van der Waals surface area contributed by atoms with Crippen LogP contribution in [0.2, 0.25) is 5.02 Å². The van der Waals surface area contributed by atoms with Crippen LogP contribution >= 0.6 is 11.6 Å². The van der Waals surface area contributed by atoms with Crippen LogP contribution < -0.4 is 5.32 Å². The van der Waals surface area contributed by atoms with Gasteiger partial charge in [-0.1, -0.05) is 31.5 Å². The molecule has 2 unspecified atom stereocenters. The molecule has 0 aliphatic carbocycles. The van der Waals surface area contributed by atoms with E-state index in [4.69, 9.17) is 11.6 Å². The lowest BCUT2D eigenvalue weighted by Crippen LogP contribution is -2.67. The molecule has 1 aromatic rings. The van der Waals surface area contributed by atoms with Gasteiger partial charge in [-0.05, 0) is 38.8 Å². The summed E-state index contributed by atoms with van der Waals surface area (Å²) in [7, 11) is 0. The van der Waals surface area contributed by atoms with Crippen LogP contribution in [0.1, 0.15) is 46.1 Å². The van der Waals surface area contributed by atoms with Gasteiger partial charge in [-0.15, -0.1) is 0 Å². The number of nitrogens with one attached hydrogen (secondary N) is 1. The number of rotatable bonds is 4. The number of hydrogen-bond donors (Lipinski definition) is 1. The summed E-state index contributed by atoms with van der Waals surface area (Å²) in [5.41, 5.74) is 0.714. The molecule has 1 fully saturated rings. The Hall–Kier alpha value is -0.640. The van der Waals surface area contributed by atoms with Crippen molar-refractivity contribution in [1.29, 1.82) is 0 Å². The van der Waals surface area contributed by atoms with Crippen LogP contribution in [0, 0.1) is 5.82 Å². The second kappa shape index (κ2) is 6.23. The molecule has 1 saturated heterocycles. The van der Waals surface area contributed by atoms with Gasteiger partial charge in [0.1, 0.15) is 5.82 Å². The molecule has 2 rings (SSSR count). The number of nitrogens with zero attached hydrogens (tertiary/aromatic N) is 1. The normalized spacial score (nSPS) is 30.6. The van der Waals surface area contributed by atoms with Crippen LogP contribution in [0.15, 0.2) is 18.2 Å². The smallest absolute Gasteiger partial charge is 0.129 e. The minimum Gasteiger partial charge on any atom is -0.308 e. The van der Waals surface area contributed by atoms with Crippen molar-refractivity contribution in [3.63, 3.8) is 0 Å². The van der Waals surface area contributed by atoms with Crippen molar-refractivity contribution < 1.29 is 4.39 Å². The minimum atomic E-state index is -0.210. The van der Waals surface area contributed by atoms with Crippen molar-refractivity contribution in [1.82, 2.24) is 10.2 Å². The van der Waals surface area contributed by atoms with Crippen molar-refractivity contribution >= 4 is 11.6 Å². The molecular weight excluding hydrogens is 287 g/mol. The Morgan fingerprint density at radius 2 is 2.00 bits per heavy atom. The van der Waals surface area contributed by atoms with Crippen molar-refractivity contribution in [3.8, 4) is 0 Å². The maximum absolute atomic E-state index is 14.1. The van der Waals surface area contributed by atoms with Crippen LogP contribution in [0.3, 0.4) is 0 Å². The summed E-state index contributed by atoms with van der Waals surface area (Å²) in [6.07, 6.45) is 2.07. The third-order valence-corrected chi connectivity index (χ3v) is 5.51. The van der Waals surface area contributed by atoms with Crippen LogP contribution in [0.4, 0.5) is 4.39 Å². The van der Waals surface area contributed by atoms with Crippen LogP contribution in [0.5, 0.6) is 0 Å². The zero-order valence-electron chi connectivity index (χ0n) is 13.5. The van der Waals surface area contributed by atoms with Gasteiger partial charge in [0.15, 0.2) is 0 Å². The van der Waals surface area contributed by atoms with Gasteiger partial charge in [-0.3, -0.25) is 4.90 Å². The van der Waals surface area contributed by atoms with E-state index in [0.717, 1.165) is 25.9 Å². The summed E-state index contributed by atoms with van der Waals surface area (Å²) >= 11 is 6.21. The molecule has 1 N–H and O–H groups in total. The minimum absolute atomic E-state index is 0.0281. The second-order valence-corrected chi connectivity index (χ2v) is 7.08. The third kappa shape index (κ3) is 3.41. The predicted molar refractivity (Wildman–Crippen MR) is 87.2 cm³/mol. The Labute approximate surface area is 132 Å². The highest BCUT2D eigenvalue weighted by atomic mass is 35.5. The molecule has 118 valence electrons. The molecule has 0 saturated carbocycles. The SMILES string of the molecule is CCC1(C)CN(Cc2c(F)cccc2Cl)C(C)(CC)CN1. The molecule has 0 aromatic heterocycles. The molecule has 1 aliphatic rings. The molecule has 21 heavy (non-hydrogen) atoms. The summed E-state index contributed by atoms with van der Waals surface area (Å²) in [6, 6.07) is 4.92. The lowest BCUT2D eigenvalue weighted by atomic mass is 9.85. The highest BCUT2D eigenvalue weighted by Gasteiger charge is 2.41. The maximum Gasteiger partial charge on any atom is 0.129 e. The maximum atomic E-state index is 14.1. The van der Waals surface area contributed by atoms with E-state index in [2.05, 4.69) is 37.9 Å². The molecule has 2 atom stereocenters. The van der Waals surface area contributed by atoms with Crippen LogP contribution in [0.25, 0.3) is 0 Å². The lowest BCUT2D eigenvalue weighted by molar-refractivity contribution is 0.00974. The molecule has 0 amide bonds. The fourth-order valence-electron chi connectivity index (χ4n) is 2.89. The van der Waals surface area contributed by atoms with Gasteiger partial charge in [0.05, 0.1) is 0 Å². The number of hydrogen-bond acceptors (Lipinski definition) is 2. The quantitative estimate of drug-likeness (QED) is 0.895. The monoisotopic (exact) mass is 312 g/mol. The van der Waals surface area contributed by atoms with Crippen molar-refractivity contribution in [2.24, 2.45) is 0 Å². The first-order valence-corrected chi connectivity index (χ1v) is 8.14. The van der Waals surface area contributed by atoms with Gasteiger partial charge in [0, 0.05) is 41.3 Å². The van der Waals surface area contributed by atoms with E-state index in [-0.39, 0.29) is 16.9 Å². The molecule has 2 nitrogen and oxygen atoms in total. The number of halogens is 2. The molecule has 0 bridgehead atoms. The Kier molecular flexibility index (Phi) is 4.96. The molecule has 0 radical (unpaired) electrons. The van der Waals surface area contributed by atoms with Gasteiger partial charge in [0.2, 0.25) is 0 Å². The topological polar surface area (TPSA) is 15.3 Å². The average molecular weight is 313 g/mol. The van der Waals surface area contributed by atoms with E-state index in [1.807, 2.05) is 0 Å². The summed E-state index contributed by atoms with van der Waals surface area (Å²) < 4.78 is 14.1. The second-order valence-electron chi connectivity index (χ2n) is 6.67. The molecule has 1 aromatic carbocycles. The molecule has 4 heteroatoms. The summed E-state index contributed by atoms with van der Waals surface area (Å²) in [5.74, 6) is -0.210. The lowest BCUT2D eigenvalue weighted by Gasteiger charge is -2.52. The van der Waals surface area contributed by atoms with E-state index in [9.17, 15) is 4.39 Å². The zero-order valence-corrected chi connectivity index (χ0v) is 14.2. The first-order chi connectivity index (χ1) is 9.83. The van der Waals surface area contributed by atoms with E-state index >= 15 is 0 Å². The number of benzene rings is 1. The van der Waals surface area contributed by atoms with E-state index in [1.54, 1.807) is 12.1 Å². The van der Waals surface area contributed by atoms with Crippen molar-refractivity contribution in [2.45, 2.75) is 58.2 Å². The first kappa shape index (κ1) is 16.7. The van der Waals surface area contributed by atoms with Gasteiger partial charge >= 0.3 is 0 Å². The van der Waals surface area contributed by atoms with E-state index in [1.165, 1.54) is 6.07 Å². The molecule has 1 aliphatic heterocycles. The summed E-state index contributed by atoms with van der Waals surface area (Å²) in [5, 5.41) is 4.18. The fourth-order valence-corrected chi connectivity index (χ4v) is 3.11. The van der Waals surface area contributed by atoms with Crippen LogP contribution in [-0.4, -0.2) is 29.1 Å². The van der Waals surface area contributed by atoms with Crippen LogP contribution in [-0.2, 0) is 6.54 Å². The first-order valence-electron chi connectivity index (χ1n) is 7.76. The number of piperazine rings is 1. The third-order valence-electron chi connectivity index (χ3n) is 5.15. The zero-order chi connectivity index (χ0) is 15.7. The standard InChI is InChI=1S/C17H26ClFN2/c1-5-16(3)12-21(17(4,6-2)11-20-16)10-13-14(18)8-7-9-15(13)19/h7-9,20H,5-6,10-12H2,1-4H3. The largest absolute Gasteiger partial charge is 0.308 e. The highest BCUT2D eigenvalue weighted by Crippen LogP contribution is 2.32. The summed E-state index contributed by atoms with van der Waals surface area (Å²) in [6.45, 7) is 11.2. The Morgan fingerprint density at radius 3 is 2.57 bits per heavy atom. The average Bonchev–Trinajstić information content (AvgIpc) is 2.47. The molecule has 0 spiro atoms. The summed E-state index contributed by atoms with van der Waals surface area (Å²) in [4.78, 5) is 2.39. The Morgan fingerprint density at radius 1 is 1.29 bits per heavy atom. The van der Waals surface area contributed by atoms with Crippen molar-refractivity contribution in [3.05, 3.63) is 34.6 Å². The Balaban J connectivity index is 2.29. The van der Waals surface area contributed by atoms with Gasteiger partial charge in [-0.25, -0.2) is 4.39 Å². The fraction of sp³-hybridized carbons (Fsp3) is 0.647. The molecular formula is C17H26ClFN2. The predicted octanol–water partition coefficient (Wildman–Crippen LogP) is 4.22. The van der Waals surface area contributed by atoms with Gasteiger partial charge in [0.25, 0.3) is 0 Å². The van der Waals surface area contributed by atoms with Gasteiger partial charge < -0.3 is 5.32 Å². The van der Waals surface area contributed by atoms with Crippen molar-refractivity contribution in [2.75, 3.05) is 13.1 Å². The van der Waals surface area contributed by atoms with E-state index in [0.29, 0.717) is 17.1 Å². The highest BCUT2D eigenvalue weighted by molar-refractivity contribution is 6.31. The Bertz CT molecular complexity index is 487. The van der Waals surface area contributed by atoms with Gasteiger partial charge in [-0.2, -0.15) is 0 Å². The van der Waals surface area contributed by atoms with E-state index < -0.39 is 0 Å².